The van der Waals surface area contributed by atoms with Gasteiger partial charge in [-0.1, -0.05) is 11.6 Å². The van der Waals surface area contributed by atoms with Crippen molar-refractivity contribution in [2.45, 2.75) is 19.8 Å². The Morgan fingerprint density at radius 2 is 2.26 bits per heavy atom. The highest BCUT2D eigenvalue weighted by molar-refractivity contribution is 6.29. The van der Waals surface area contributed by atoms with Crippen LogP contribution in [-0.4, -0.2) is 38.5 Å². The number of anilines is 1. The van der Waals surface area contributed by atoms with E-state index >= 15 is 0 Å². The zero-order valence-corrected chi connectivity index (χ0v) is 15.4. The number of fused-ring (bicyclic) bond motifs is 1. The zero-order chi connectivity index (χ0) is 19.2. The van der Waals surface area contributed by atoms with Crippen molar-refractivity contribution >= 4 is 29.2 Å². The van der Waals surface area contributed by atoms with Gasteiger partial charge in [-0.2, -0.15) is 5.26 Å². The highest BCUT2D eigenvalue weighted by Gasteiger charge is 2.14. The molecule has 27 heavy (non-hydrogen) atoms. The molecule has 0 aliphatic rings. The molecule has 0 unspecified atom stereocenters. The Morgan fingerprint density at radius 1 is 1.41 bits per heavy atom. The first-order valence-corrected chi connectivity index (χ1v) is 8.80. The van der Waals surface area contributed by atoms with Crippen molar-refractivity contribution in [3.8, 4) is 6.07 Å². The number of nitrogens with zero attached hydrogens (tertiary/aromatic N) is 5. The molecule has 9 heteroatoms. The lowest BCUT2D eigenvalue weighted by Gasteiger charge is -2.08. The highest BCUT2D eigenvalue weighted by Crippen LogP contribution is 2.17. The number of hydrogen-bond donors (Lipinski definition) is 1. The van der Waals surface area contributed by atoms with Crippen molar-refractivity contribution in [2.24, 2.45) is 0 Å². The van der Waals surface area contributed by atoms with E-state index in [2.05, 4.69) is 20.3 Å². The molecule has 0 bridgehead atoms. The number of imidazole rings is 1. The first kappa shape index (κ1) is 18.6. The second-order valence-electron chi connectivity index (χ2n) is 5.66. The maximum absolute atomic E-state index is 11.9. The maximum atomic E-state index is 11.9. The average molecular weight is 385 g/mol. The van der Waals surface area contributed by atoms with Gasteiger partial charge in [-0.25, -0.2) is 14.8 Å². The highest BCUT2D eigenvalue weighted by atomic mass is 35.5. The molecule has 0 aliphatic carbocycles. The molecule has 0 aliphatic heterocycles. The Labute approximate surface area is 160 Å². The summed E-state index contributed by atoms with van der Waals surface area (Å²) < 4.78 is 6.64. The van der Waals surface area contributed by atoms with Gasteiger partial charge in [0.2, 0.25) is 5.95 Å². The third kappa shape index (κ3) is 4.51. The Bertz CT molecular complexity index is 993. The molecule has 3 rings (SSSR count). The van der Waals surface area contributed by atoms with Crippen LogP contribution in [0.25, 0.3) is 5.65 Å². The SMILES string of the molecule is CCOC(=O)c1cn2c(NCCCc3ccc(C#N)cn3)nc(Cl)cc2n1. The Morgan fingerprint density at radius 3 is 2.96 bits per heavy atom. The van der Waals surface area contributed by atoms with Gasteiger partial charge in [0.15, 0.2) is 5.69 Å². The summed E-state index contributed by atoms with van der Waals surface area (Å²) in [5.74, 6) is 0.00324. The molecule has 3 heterocycles. The van der Waals surface area contributed by atoms with Crippen molar-refractivity contribution in [1.82, 2.24) is 19.4 Å². The standard InChI is InChI=1S/C18H17ClN6O2/c1-2-27-17(26)14-11-25-16(23-14)8-15(19)24-18(25)21-7-3-4-13-6-5-12(9-20)10-22-13/h5-6,8,10-11H,2-4,7H2,1H3,(H,21,24). The van der Waals surface area contributed by atoms with Crippen LogP contribution < -0.4 is 5.32 Å². The lowest BCUT2D eigenvalue weighted by molar-refractivity contribution is 0.0520. The second-order valence-corrected chi connectivity index (χ2v) is 6.04. The molecule has 1 N–H and O–H groups in total. The van der Waals surface area contributed by atoms with Crippen LogP contribution >= 0.6 is 11.6 Å². The number of hydrogen-bond acceptors (Lipinski definition) is 7. The van der Waals surface area contributed by atoms with Gasteiger partial charge < -0.3 is 10.1 Å². The van der Waals surface area contributed by atoms with Crippen LogP contribution in [0, 0.1) is 11.3 Å². The van der Waals surface area contributed by atoms with Gasteiger partial charge in [0.1, 0.15) is 16.9 Å². The first-order chi connectivity index (χ1) is 13.1. The molecule has 3 aromatic rings. The average Bonchev–Trinajstić information content (AvgIpc) is 3.10. The number of nitriles is 1. The second kappa shape index (κ2) is 8.47. The summed E-state index contributed by atoms with van der Waals surface area (Å²) in [7, 11) is 0. The fourth-order valence-corrected chi connectivity index (χ4v) is 2.67. The summed E-state index contributed by atoms with van der Waals surface area (Å²) >= 11 is 6.05. The van der Waals surface area contributed by atoms with Gasteiger partial charge in [0, 0.05) is 30.7 Å². The molecule has 0 amide bonds. The normalized spacial score (nSPS) is 10.6. The number of halogens is 1. The molecule has 3 aromatic heterocycles. The zero-order valence-electron chi connectivity index (χ0n) is 14.6. The number of rotatable bonds is 7. The minimum absolute atomic E-state index is 0.200. The van der Waals surface area contributed by atoms with Crippen molar-refractivity contribution < 1.29 is 9.53 Å². The summed E-state index contributed by atoms with van der Waals surface area (Å²) in [4.78, 5) is 24.6. The quantitative estimate of drug-likeness (QED) is 0.379. The van der Waals surface area contributed by atoms with E-state index in [9.17, 15) is 4.79 Å². The third-order valence-corrected chi connectivity index (χ3v) is 3.95. The van der Waals surface area contributed by atoms with Gasteiger partial charge in [0.25, 0.3) is 0 Å². The largest absolute Gasteiger partial charge is 0.461 e. The fraction of sp³-hybridized carbons (Fsp3) is 0.278. The van der Waals surface area contributed by atoms with E-state index in [-0.39, 0.29) is 17.5 Å². The molecule has 0 saturated heterocycles. The molecule has 8 nitrogen and oxygen atoms in total. The predicted molar refractivity (Wildman–Crippen MR) is 99.7 cm³/mol. The monoisotopic (exact) mass is 384 g/mol. The van der Waals surface area contributed by atoms with Crippen molar-refractivity contribution in [1.29, 1.82) is 5.26 Å². The molecule has 0 radical (unpaired) electrons. The lowest BCUT2D eigenvalue weighted by atomic mass is 10.2. The topological polar surface area (TPSA) is 105 Å². The minimum atomic E-state index is -0.491. The number of carbonyl (C=O) groups excluding carboxylic acids is 1. The predicted octanol–water partition coefficient (Wildman–Crippen LogP) is 2.87. The molecule has 0 spiro atoms. The summed E-state index contributed by atoms with van der Waals surface area (Å²) in [6, 6.07) is 7.22. The van der Waals surface area contributed by atoms with Crippen molar-refractivity contribution in [3.63, 3.8) is 0 Å². The number of esters is 1. The molecule has 0 fully saturated rings. The van der Waals surface area contributed by atoms with Gasteiger partial charge in [0.05, 0.1) is 12.2 Å². The van der Waals surface area contributed by atoms with Crippen molar-refractivity contribution in [3.05, 3.63) is 52.7 Å². The van der Waals surface area contributed by atoms with Crippen LogP contribution in [0.2, 0.25) is 5.15 Å². The first-order valence-electron chi connectivity index (χ1n) is 8.42. The van der Waals surface area contributed by atoms with Crippen LogP contribution in [0.15, 0.2) is 30.6 Å². The van der Waals surface area contributed by atoms with Crippen LogP contribution in [0.1, 0.15) is 35.1 Å². The Balaban J connectivity index is 1.66. The number of aromatic nitrogens is 4. The van der Waals surface area contributed by atoms with E-state index in [0.717, 1.165) is 18.5 Å². The van der Waals surface area contributed by atoms with E-state index in [0.29, 0.717) is 23.7 Å². The summed E-state index contributed by atoms with van der Waals surface area (Å²) in [5, 5.41) is 12.3. The van der Waals surface area contributed by atoms with Crippen molar-refractivity contribution in [2.75, 3.05) is 18.5 Å². The molecule has 138 valence electrons. The van der Waals surface area contributed by atoms with Gasteiger partial charge >= 0.3 is 5.97 Å². The molecule has 0 saturated carbocycles. The van der Waals surface area contributed by atoms with E-state index in [1.54, 1.807) is 35.9 Å². The third-order valence-electron chi connectivity index (χ3n) is 3.75. The van der Waals surface area contributed by atoms with E-state index in [1.165, 1.54) is 0 Å². The van der Waals surface area contributed by atoms with E-state index in [1.807, 2.05) is 12.1 Å². The van der Waals surface area contributed by atoms with Crippen LogP contribution in [0.4, 0.5) is 5.95 Å². The van der Waals surface area contributed by atoms with E-state index in [4.69, 9.17) is 21.6 Å². The molecule has 0 aromatic carbocycles. The number of nitrogens with one attached hydrogen (secondary N) is 1. The van der Waals surface area contributed by atoms with Crippen LogP contribution in [-0.2, 0) is 11.2 Å². The Hall–Kier alpha value is -3.18. The fourth-order valence-electron chi connectivity index (χ4n) is 2.50. The minimum Gasteiger partial charge on any atom is -0.461 e. The smallest absolute Gasteiger partial charge is 0.358 e. The van der Waals surface area contributed by atoms with Gasteiger partial charge in [-0.3, -0.25) is 9.38 Å². The van der Waals surface area contributed by atoms with E-state index < -0.39 is 5.97 Å². The Kier molecular flexibility index (Phi) is 5.84. The number of ether oxygens (including phenoxy) is 1. The summed E-state index contributed by atoms with van der Waals surface area (Å²) in [6.07, 6.45) is 4.68. The molecule has 0 atom stereocenters. The number of pyridine rings is 1. The molecular formula is C18H17ClN6O2. The molecular weight excluding hydrogens is 368 g/mol. The lowest BCUT2D eigenvalue weighted by Crippen LogP contribution is -2.09. The number of carbonyl (C=O) groups is 1. The van der Waals surface area contributed by atoms with Gasteiger partial charge in [-0.05, 0) is 31.9 Å². The van der Waals surface area contributed by atoms with Gasteiger partial charge in [-0.15, -0.1) is 0 Å². The number of aryl methyl sites for hydroxylation is 1. The summed E-state index contributed by atoms with van der Waals surface area (Å²) in [5.41, 5.74) is 2.16. The summed E-state index contributed by atoms with van der Waals surface area (Å²) in [6.45, 7) is 2.64. The van der Waals surface area contributed by atoms with Crippen LogP contribution in [0.5, 0.6) is 0 Å². The maximum Gasteiger partial charge on any atom is 0.358 e. The van der Waals surface area contributed by atoms with Crippen LogP contribution in [0.3, 0.4) is 0 Å².